The topological polar surface area (TPSA) is 97.5 Å². The SMILES string of the molecule is O=C(c1ccc(-c2ccc3ncc(C#Cc4ccnc(Nc5ccccn5)c4)n3n2)cc1)N1CCOCC1. The predicted molar refractivity (Wildman–Crippen MR) is 143 cm³/mol. The zero-order valence-corrected chi connectivity index (χ0v) is 20.4. The molecule has 1 aromatic carbocycles. The summed E-state index contributed by atoms with van der Waals surface area (Å²) in [4.78, 5) is 27.6. The molecular formula is C29H23N7O2. The van der Waals surface area contributed by atoms with E-state index in [0.29, 0.717) is 54.8 Å². The van der Waals surface area contributed by atoms with Crippen LogP contribution in [0.15, 0.2) is 85.3 Å². The molecule has 5 heterocycles. The number of anilines is 2. The first-order valence-corrected chi connectivity index (χ1v) is 12.2. The number of rotatable bonds is 4. The third-order valence-corrected chi connectivity index (χ3v) is 6.10. The van der Waals surface area contributed by atoms with Crippen LogP contribution in [0.3, 0.4) is 0 Å². The lowest BCUT2D eigenvalue weighted by Crippen LogP contribution is -2.40. The van der Waals surface area contributed by atoms with Crippen molar-refractivity contribution in [3.63, 3.8) is 0 Å². The number of benzene rings is 1. The Morgan fingerprint density at radius 1 is 0.868 bits per heavy atom. The molecule has 1 amide bonds. The number of pyridine rings is 2. The molecule has 0 radical (unpaired) electrons. The van der Waals surface area contributed by atoms with E-state index in [1.807, 2.05) is 71.6 Å². The molecule has 0 bridgehead atoms. The summed E-state index contributed by atoms with van der Waals surface area (Å²) < 4.78 is 7.07. The molecule has 0 saturated carbocycles. The van der Waals surface area contributed by atoms with Gasteiger partial charge in [0.15, 0.2) is 5.65 Å². The van der Waals surface area contributed by atoms with Crippen LogP contribution in [0.2, 0.25) is 0 Å². The summed E-state index contributed by atoms with van der Waals surface area (Å²) in [5.74, 6) is 7.73. The highest BCUT2D eigenvalue weighted by molar-refractivity contribution is 5.94. The van der Waals surface area contributed by atoms with Crippen molar-refractivity contribution >= 4 is 23.2 Å². The van der Waals surface area contributed by atoms with Gasteiger partial charge in [-0.15, -0.1) is 0 Å². The minimum absolute atomic E-state index is 0.0185. The maximum atomic E-state index is 12.7. The Bertz CT molecular complexity index is 1650. The van der Waals surface area contributed by atoms with Crippen molar-refractivity contribution < 1.29 is 9.53 Å². The summed E-state index contributed by atoms with van der Waals surface area (Å²) in [6, 6.07) is 20.7. The number of nitrogens with zero attached hydrogens (tertiary/aromatic N) is 6. The second-order valence-electron chi connectivity index (χ2n) is 8.63. The van der Waals surface area contributed by atoms with Crippen LogP contribution in [-0.2, 0) is 4.74 Å². The molecule has 1 aliphatic rings. The number of carbonyl (C=O) groups excluding carboxylic acids is 1. The minimum Gasteiger partial charge on any atom is -0.378 e. The number of hydrogen-bond acceptors (Lipinski definition) is 7. The molecule has 9 nitrogen and oxygen atoms in total. The van der Waals surface area contributed by atoms with Crippen molar-refractivity contribution in [1.82, 2.24) is 29.5 Å². The number of carbonyl (C=O) groups is 1. The van der Waals surface area contributed by atoms with E-state index >= 15 is 0 Å². The van der Waals surface area contributed by atoms with Crippen molar-refractivity contribution in [2.24, 2.45) is 0 Å². The smallest absolute Gasteiger partial charge is 0.254 e. The normalized spacial score (nSPS) is 13.1. The maximum absolute atomic E-state index is 12.7. The van der Waals surface area contributed by atoms with Gasteiger partial charge in [0.2, 0.25) is 0 Å². The highest BCUT2D eigenvalue weighted by atomic mass is 16.5. The quantitative estimate of drug-likeness (QED) is 0.374. The molecule has 0 aliphatic carbocycles. The summed E-state index contributed by atoms with van der Waals surface area (Å²) in [6.07, 6.45) is 5.13. The third kappa shape index (κ3) is 5.07. The van der Waals surface area contributed by atoms with Crippen LogP contribution in [-0.4, -0.2) is 61.7 Å². The lowest BCUT2D eigenvalue weighted by atomic mass is 10.1. The monoisotopic (exact) mass is 501 g/mol. The van der Waals surface area contributed by atoms with E-state index in [0.717, 1.165) is 16.8 Å². The molecule has 1 saturated heterocycles. The van der Waals surface area contributed by atoms with E-state index in [9.17, 15) is 4.79 Å². The number of aromatic nitrogens is 5. The number of amides is 1. The Labute approximate surface area is 219 Å². The molecule has 4 aromatic heterocycles. The first kappa shape index (κ1) is 23.3. The summed E-state index contributed by atoms with van der Waals surface area (Å²) in [5.41, 5.74) is 4.47. The van der Waals surface area contributed by atoms with Crippen LogP contribution in [0.5, 0.6) is 0 Å². The van der Waals surface area contributed by atoms with E-state index in [-0.39, 0.29) is 5.91 Å². The fourth-order valence-corrected chi connectivity index (χ4v) is 4.13. The summed E-state index contributed by atoms with van der Waals surface area (Å²) >= 11 is 0. The molecule has 1 fully saturated rings. The van der Waals surface area contributed by atoms with E-state index in [1.165, 1.54) is 0 Å². The lowest BCUT2D eigenvalue weighted by Gasteiger charge is -2.26. The van der Waals surface area contributed by atoms with Gasteiger partial charge in [-0.05, 0) is 54.5 Å². The number of ether oxygens (including phenoxy) is 1. The largest absolute Gasteiger partial charge is 0.378 e. The first-order chi connectivity index (χ1) is 18.7. The van der Waals surface area contributed by atoms with E-state index < -0.39 is 0 Å². The zero-order valence-electron chi connectivity index (χ0n) is 20.4. The van der Waals surface area contributed by atoms with Gasteiger partial charge >= 0.3 is 0 Å². The fraction of sp³-hybridized carbons (Fsp3) is 0.138. The standard InChI is InChI=1S/C29H23N7O2/c37-29(35-15-17-38-18-16-35)23-7-5-22(6-8-23)25-10-11-28-32-20-24(36(28)34-25)9-4-21-12-14-31-27(19-21)33-26-3-1-2-13-30-26/h1-3,5-8,10-14,19-20H,15-18H2,(H,30,31,33). The van der Waals surface area contributed by atoms with Crippen LogP contribution in [0, 0.1) is 11.8 Å². The Morgan fingerprint density at radius 2 is 1.71 bits per heavy atom. The zero-order chi connectivity index (χ0) is 25.7. The van der Waals surface area contributed by atoms with Crippen LogP contribution in [0.1, 0.15) is 21.6 Å². The highest BCUT2D eigenvalue weighted by Crippen LogP contribution is 2.20. The second-order valence-corrected chi connectivity index (χ2v) is 8.63. The van der Waals surface area contributed by atoms with E-state index in [1.54, 1.807) is 23.1 Å². The summed E-state index contributed by atoms with van der Waals surface area (Å²) in [5, 5.41) is 7.94. The molecule has 6 rings (SSSR count). The van der Waals surface area contributed by atoms with Gasteiger partial charge in [0.1, 0.15) is 17.3 Å². The van der Waals surface area contributed by atoms with Gasteiger partial charge in [-0.1, -0.05) is 24.1 Å². The molecule has 186 valence electrons. The summed E-state index contributed by atoms with van der Waals surface area (Å²) in [7, 11) is 0. The Hall–Kier alpha value is -5.07. The predicted octanol–water partition coefficient (Wildman–Crippen LogP) is 3.80. The van der Waals surface area contributed by atoms with Crippen molar-refractivity contribution in [2.75, 3.05) is 31.6 Å². The molecule has 9 heteroatoms. The van der Waals surface area contributed by atoms with Gasteiger partial charge in [-0.3, -0.25) is 4.79 Å². The van der Waals surface area contributed by atoms with Crippen molar-refractivity contribution in [3.05, 3.63) is 102 Å². The number of nitrogens with one attached hydrogen (secondary N) is 1. The molecule has 0 atom stereocenters. The van der Waals surface area contributed by atoms with Gasteiger partial charge in [0.05, 0.1) is 25.1 Å². The average molecular weight is 502 g/mol. The average Bonchev–Trinajstić information content (AvgIpc) is 3.39. The molecule has 0 unspecified atom stereocenters. The minimum atomic E-state index is 0.0185. The Morgan fingerprint density at radius 3 is 2.53 bits per heavy atom. The van der Waals surface area contributed by atoms with Crippen LogP contribution >= 0.6 is 0 Å². The lowest BCUT2D eigenvalue weighted by molar-refractivity contribution is 0.0303. The van der Waals surface area contributed by atoms with Crippen molar-refractivity contribution in [3.8, 4) is 23.1 Å². The van der Waals surface area contributed by atoms with Gasteiger partial charge in [-0.2, -0.15) is 5.10 Å². The van der Waals surface area contributed by atoms with Gasteiger partial charge < -0.3 is 15.0 Å². The molecule has 1 N–H and O–H groups in total. The molecule has 0 spiro atoms. The van der Waals surface area contributed by atoms with Crippen LogP contribution < -0.4 is 5.32 Å². The van der Waals surface area contributed by atoms with Crippen molar-refractivity contribution in [1.29, 1.82) is 0 Å². The van der Waals surface area contributed by atoms with E-state index in [4.69, 9.17) is 9.84 Å². The maximum Gasteiger partial charge on any atom is 0.254 e. The molecule has 5 aromatic rings. The van der Waals surface area contributed by atoms with Gasteiger partial charge in [0, 0.05) is 42.2 Å². The molecular weight excluding hydrogens is 478 g/mol. The van der Waals surface area contributed by atoms with Crippen LogP contribution in [0.25, 0.3) is 16.9 Å². The van der Waals surface area contributed by atoms with E-state index in [2.05, 4.69) is 32.1 Å². The number of imidazole rings is 1. The van der Waals surface area contributed by atoms with Gasteiger partial charge in [0.25, 0.3) is 5.91 Å². The second kappa shape index (κ2) is 10.5. The highest BCUT2D eigenvalue weighted by Gasteiger charge is 2.18. The Balaban J connectivity index is 1.22. The fourth-order valence-electron chi connectivity index (χ4n) is 4.13. The van der Waals surface area contributed by atoms with Gasteiger partial charge in [-0.25, -0.2) is 19.5 Å². The molecule has 1 aliphatic heterocycles. The summed E-state index contributed by atoms with van der Waals surface area (Å²) in [6.45, 7) is 2.39. The number of fused-ring (bicyclic) bond motifs is 1. The molecule has 38 heavy (non-hydrogen) atoms. The Kier molecular flexibility index (Phi) is 6.45. The first-order valence-electron chi connectivity index (χ1n) is 12.2. The van der Waals surface area contributed by atoms with Crippen molar-refractivity contribution in [2.45, 2.75) is 0 Å². The number of hydrogen-bond donors (Lipinski definition) is 1. The van der Waals surface area contributed by atoms with Crippen LogP contribution in [0.4, 0.5) is 11.6 Å². The number of morpholine rings is 1. The third-order valence-electron chi connectivity index (χ3n) is 6.10.